The van der Waals surface area contributed by atoms with Crippen molar-refractivity contribution in [1.29, 1.82) is 0 Å². The fourth-order valence-electron chi connectivity index (χ4n) is 2.25. The van der Waals surface area contributed by atoms with Crippen molar-refractivity contribution in [3.8, 4) is 0 Å². The molecule has 19 heavy (non-hydrogen) atoms. The number of carbonyl (C=O) groups is 1. The largest absolute Gasteiger partial charge is 0.397 e. The summed E-state index contributed by atoms with van der Waals surface area (Å²) in [5.41, 5.74) is 7.37. The zero-order valence-corrected chi connectivity index (χ0v) is 11.3. The van der Waals surface area contributed by atoms with E-state index in [0.29, 0.717) is 18.8 Å². The van der Waals surface area contributed by atoms with Crippen LogP contribution < -0.4 is 10.6 Å². The molecule has 0 aliphatic carbocycles. The predicted molar refractivity (Wildman–Crippen MR) is 76.3 cm³/mol. The van der Waals surface area contributed by atoms with Crippen molar-refractivity contribution in [3.05, 3.63) is 24.3 Å². The summed E-state index contributed by atoms with van der Waals surface area (Å²) in [4.78, 5) is 15.9. The maximum atomic E-state index is 12.3. The van der Waals surface area contributed by atoms with E-state index in [4.69, 9.17) is 10.5 Å². The maximum absolute atomic E-state index is 12.3. The number of nitrogens with two attached hydrogens (primary N) is 1. The van der Waals surface area contributed by atoms with Crippen LogP contribution in [0.3, 0.4) is 0 Å². The fourth-order valence-corrected chi connectivity index (χ4v) is 2.25. The number of nitrogen functional groups attached to an aromatic ring is 1. The molecule has 2 rings (SSSR count). The lowest BCUT2D eigenvalue weighted by molar-refractivity contribution is 0.137. The molecule has 1 saturated heterocycles. The van der Waals surface area contributed by atoms with Crippen LogP contribution in [0.15, 0.2) is 24.3 Å². The zero-order valence-electron chi connectivity index (χ0n) is 11.3. The summed E-state index contributed by atoms with van der Waals surface area (Å²) in [7, 11) is 0. The molecule has 0 bridgehead atoms. The first kappa shape index (κ1) is 13.7. The lowest BCUT2D eigenvalue weighted by Crippen LogP contribution is -2.33. The highest BCUT2D eigenvalue weighted by molar-refractivity contribution is 5.97. The third kappa shape index (κ3) is 3.17. The molecular formula is C14H21N3O2. The van der Waals surface area contributed by atoms with Crippen LogP contribution in [-0.2, 0) is 4.74 Å². The number of ether oxygens (including phenoxy) is 1. The molecule has 2 N–H and O–H groups in total. The van der Waals surface area contributed by atoms with Crippen LogP contribution in [0.5, 0.6) is 0 Å². The Kier molecular flexibility index (Phi) is 4.63. The van der Waals surface area contributed by atoms with E-state index in [0.717, 1.165) is 31.8 Å². The fraction of sp³-hybridized carbons (Fsp3) is 0.500. The van der Waals surface area contributed by atoms with Gasteiger partial charge in [0.1, 0.15) is 0 Å². The molecule has 2 amide bonds. The van der Waals surface area contributed by atoms with Gasteiger partial charge in [0, 0.05) is 32.8 Å². The van der Waals surface area contributed by atoms with Gasteiger partial charge in [-0.05, 0) is 25.5 Å². The van der Waals surface area contributed by atoms with Crippen LogP contribution in [0.1, 0.15) is 13.3 Å². The Morgan fingerprint density at radius 2 is 2.11 bits per heavy atom. The van der Waals surface area contributed by atoms with Gasteiger partial charge in [0.15, 0.2) is 0 Å². The number of carbonyl (C=O) groups excluding carboxylic acids is 1. The Balaban J connectivity index is 1.93. The van der Waals surface area contributed by atoms with Crippen LogP contribution in [0, 0.1) is 0 Å². The van der Waals surface area contributed by atoms with Gasteiger partial charge in [-0.25, -0.2) is 4.79 Å². The van der Waals surface area contributed by atoms with E-state index < -0.39 is 0 Å². The van der Waals surface area contributed by atoms with Gasteiger partial charge in [-0.2, -0.15) is 0 Å². The minimum Gasteiger partial charge on any atom is -0.397 e. The standard InChI is InChI=1S/C14H21N3O2/c1-2-19-11-5-8-16-9-10-17(14(16)18)13-7-4-3-6-12(13)15/h3-4,6-7H,2,5,8-11,15H2,1H3. The number of para-hydroxylation sites is 2. The van der Waals surface area contributed by atoms with E-state index in [-0.39, 0.29) is 6.03 Å². The van der Waals surface area contributed by atoms with Gasteiger partial charge in [0.2, 0.25) is 0 Å². The Labute approximate surface area is 113 Å². The van der Waals surface area contributed by atoms with Crippen LogP contribution >= 0.6 is 0 Å². The summed E-state index contributed by atoms with van der Waals surface area (Å²) >= 11 is 0. The predicted octanol–water partition coefficient (Wildman–Crippen LogP) is 1.94. The van der Waals surface area contributed by atoms with Gasteiger partial charge in [-0.1, -0.05) is 12.1 Å². The molecule has 0 atom stereocenters. The summed E-state index contributed by atoms with van der Waals surface area (Å²) in [5, 5.41) is 0. The second kappa shape index (κ2) is 6.43. The molecule has 5 nitrogen and oxygen atoms in total. The molecule has 1 aliphatic heterocycles. The van der Waals surface area contributed by atoms with Crippen molar-refractivity contribution >= 4 is 17.4 Å². The van der Waals surface area contributed by atoms with E-state index >= 15 is 0 Å². The van der Waals surface area contributed by atoms with Crippen molar-refractivity contribution < 1.29 is 9.53 Å². The molecule has 0 saturated carbocycles. The monoisotopic (exact) mass is 263 g/mol. The average Bonchev–Trinajstić information content (AvgIpc) is 2.77. The molecule has 0 spiro atoms. The van der Waals surface area contributed by atoms with Crippen LogP contribution in [0.4, 0.5) is 16.2 Å². The number of anilines is 2. The van der Waals surface area contributed by atoms with E-state index in [1.54, 1.807) is 4.90 Å². The van der Waals surface area contributed by atoms with Crippen molar-refractivity contribution in [2.45, 2.75) is 13.3 Å². The molecule has 0 unspecified atom stereocenters. The zero-order chi connectivity index (χ0) is 13.7. The lowest BCUT2D eigenvalue weighted by atomic mass is 10.2. The number of hydrogen-bond acceptors (Lipinski definition) is 3. The van der Waals surface area contributed by atoms with Crippen molar-refractivity contribution in [2.24, 2.45) is 0 Å². The average molecular weight is 263 g/mol. The molecule has 1 heterocycles. The number of benzene rings is 1. The molecular weight excluding hydrogens is 242 g/mol. The van der Waals surface area contributed by atoms with Crippen LogP contribution in [0.25, 0.3) is 0 Å². The summed E-state index contributed by atoms with van der Waals surface area (Å²) in [6.45, 7) is 5.58. The third-order valence-corrected chi connectivity index (χ3v) is 3.24. The normalized spacial score (nSPS) is 15.3. The van der Waals surface area contributed by atoms with Gasteiger partial charge in [-0.15, -0.1) is 0 Å². The Morgan fingerprint density at radius 1 is 1.32 bits per heavy atom. The number of urea groups is 1. The lowest BCUT2D eigenvalue weighted by Gasteiger charge is -2.19. The van der Waals surface area contributed by atoms with Gasteiger partial charge in [0.05, 0.1) is 11.4 Å². The van der Waals surface area contributed by atoms with E-state index in [1.807, 2.05) is 36.1 Å². The van der Waals surface area contributed by atoms with Gasteiger partial charge >= 0.3 is 6.03 Å². The third-order valence-electron chi connectivity index (χ3n) is 3.24. The number of rotatable bonds is 6. The minimum atomic E-state index is 0.0365. The molecule has 1 aliphatic rings. The summed E-state index contributed by atoms with van der Waals surface area (Å²) in [5.74, 6) is 0. The minimum absolute atomic E-state index is 0.0365. The summed E-state index contributed by atoms with van der Waals surface area (Å²) in [6.07, 6.45) is 0.873. The van der Waals surface area contributed by atoms with E-state index in [1.165, 1.54) is 0 Å². The molecule has 1 fully saturated rings. The first-order valence-electron chi connectivity index (χ1n) is 6.72. The van der Waals surface area contributed by atoms with Crippen LogP contribution in [0.2, 0.25) is 0 Å². The Bertz CT molecular complexity index is 436. The molecule has 1 aromatic rings. The first-order valence-corrected chi connectivity index (χ1v) is 6.72. The van der Waals surface area contributed by atoms with Crippen molar-refractivity contribution in [1.82, 2.24) is 4.90 Å². The summed E-state index contributed by atoms with van der Waals surface area (Å²) < 4.78 is 5.29. The highest BCUT2D eigenvalue weighted by atomic mass is 16.5. The van der Waals surface area contributed by atoms with Crippen LogP contribution in [-0.4, -0.2) is 43.8 Å². The highest BCUT2D eigenvalue weighted by Gasteiger charge is 2.29. The second-order valence-corrected chi connectivity index (χ2v) is 4.53. The number of hydrogen-bond donors (Lipinski definition) is 1. The maximum Gasteiger partial charge on any atom is 0.324 e. The van der Waals surface area contributed by atoms with Gasteiger partial charge in [-0.3, -0.25) is 4.90 Å². The van der Waals surface area contributed by atoms with Gasteiger partial charge < -0.3 is 15.4 Å². The summed E-state index contributed by atoms with van der Waals surface area (Å²) in [6, 6.07) is 7.52. The van der Waals surface area contributed by atoms with Gasteiger partial charge in [0.25, 0.3) is 0 Å². The quantitative estimate of drug-likeness (QED) is 0.630. The topological polar surface area (TPSA) is 58.8 Å². The Hall–Kier alpha value is -1.75. The number of nitrogens with zero attached hydrogens (tertiary/aromatic N) is 2. The molecule has 0 radical (unpaired) electrons. The smallest absolute Gasteiger partial charge is 0.324 e. The molecule has 0 aromatic heterocycles. The Morgan fingerprint density at radius 3 is 2.84 bits per heavy atom. The first-order chi connectivity index (χ1) is 9.24. The highest BCUT2D eigenvalue weighted by Crippen LogP contribution is 2.26. The van der Waals surface area contributed by atoms with E-state index in [2.05, 4.69) is 0 Å². The van der Waals surface area contributed by atoms with Crippen molar-refractivity contribution in [3.63, 3.8) is 0 Å². The molecule has 104 valence electrons. The van der Waals surface area contributed by atoms with E-state index in [9.17, 15) is 4.79 Å². The number of amides is 2. The second-order valence-electron chi connectivity index (χ2n) is 4.53. The molecule has 5 heteroatoms. The van der Waals surface area contributed by atoms with Crippen molar-refractivity contribution in [2.75, 3.05) is 43.5 Å². The molecule has 1 aromatic carbocycles. The SMILES string of the molecule is CCOCCCN1CCN(c2ccccc2N)C1=O.